The van der Waals surface area contributed by atoms with Gasteiger partial charge in [-0.2, -0.15) is 0 Å². The number of amides is 1. The normalized spacial score (nSPS) is 16.5. The van der Waals surface area contributed by atoms with Gasteiger partial charge >= 0.3 is 5.97 Å². The molecule has 136 valence electrons. The molecule has 6 heteroatoms. The predicted molar refractivity (Wildman–Crippen MR) is 91.2 cm³/mol. The molecule has 1 N–H and O–H groups in total. The molecule has 0 bridgehead atoms. The van der Waals surface area contributed by atoms with Crippen LogP contribution >= 0.6 is 0 Å². The van der Waals surface area contributed by atoms with Crippen LogP contribution in [-0.2, 0) is 20.9 Å². The fraction of sp³-hybridized carbons (Fsp3) is 0.579. The molecule has 1 aromatic rings. The van der Waals surface area contributed by atoms with E-state index in [0.29, 0.717) is 30.4 Å². The molecule has 0 unspecified atom stereocenters. The summed E-state index contributed by atoms with van der Waals surface area (Å²) in [5.74, 6) is 1.44. The molecule has 6 nitrogen and oxygen atoms in total. The molecule has 0 spiro atoms. The standard InChI is InChI=1S/C19H25NO5/c21-18(12-23-19(22)9-7-14-4-2-1-3-5-14)20-11-15-6-8-16-17(10-15)25-13-24-16/h6,8,10,14H,1-5,7,9,11-13H2,(H,20,21). The van der Waals surface area contributed by atoms with E-state index in [9.17, 15) is 9.59 Å². The monoisotopic (exact) mass is 347 g/mol. The molecule has 2 aliphatic rings. The molecule has 1 fully saturated rings. The molecule has 1 aliphatic carbocycles. The molecule has 1 amide bonds. The van der Waals surface area contributed by atoms with Crippen LogP contribution in [0.2, 0.25) is 0 Å². The van der Waals surface area contributed by atoms with Gasteiger partial charge in [0.15, 0.2) is 18.1 Å². The smallest absolute Gasteiger partial charge is 0.306 e. The van der Waals surface area contributed by atoms with Crippen molar-refractivity contribution < 1.29 is 23.8 Å². The summed E-state index contributed by atoms with van der Waals surface area (Å²) in [7, 11) is 0. The number of benzene rings is 1. The number of fused-ring (bicyclic) bond motifs is 1. The molecular weight excluding hydrogens is 322 g/mol. The largest absolute Gasteiger partial charge is 0.456 e. The lowest BCUT2D eigenvalue weighted by atomic mass is 9.86. The molecule has 0 aromatic heterocycles. The first-order valence-corrected chi connectivity index (χ1v) is 9.01. The zero-order valence-corrected chi connectivity index (χ0v) is 14.4. The van der Waals surface area contributed by atoms with Crippen molar-refractivity contribution in [2.24, 2.45) is 5.92 Å². The Labute approximate surface area is 147 Å². The van der Waals surface area contributed by atoms with Crippen LogP contribution in [0.4, 0.5) is 0 Å². The maximum atomic E-state index is 11.8. The average Bonchev–Trinajstić information content (AvgIpc) is 3.11. The Morgan fingerprint density at radius 3 is 2.76 bits per heavy atom. The highest BCUT2D eigenvalue weighted by molar-refractivity contribution is 5.80. The molecule has 3 rings (SSSR count). The first kappa shape index (κ1) is 17.6. The van der Waals surface area contributed by atoms with Crippen molar-refractivity contribution >= 4 is 11.9 Å². The topological polar surface area (TPSA) is 73.9 Å². The maximum absolute atomic E-state index is 11.8. The van der Waals surface area contributed by atoms with Crippen molar-refractivity contribution in [1.29, 1.82) is 0 Å². The molecule has 0 saturated heterocycles. The van der Waals surface area contributed by atoms with Gasteiger partial charge in [0.2, 0.25) is 6.79 Å². The summed E-state index contributed by atoms with van der Waals surface area (Å²) in [5.41, 5.74) is 0.904. The van der Waals surface area contributed by atoms with Crippen LogP contribution in [0.5, 0.6) is 11.5 Å². The molecule has 1 saturated carbocycles. The summed E-state index contributed by atoms with van der Waals surface area (Å²) in [5, 5.41) is 2.74. The van der Waals surface area contributed by atoms with Crippen molar-refractivity contribution in [3.8, 4) is 11.5 Å². The van der Waals surface area contributed by atoms with Gasteiger partial charge in [-0.05, 0) is 30.0 Å². The van der Waals surface area contributed by atoms with Crippen LogP contribution in [0.25, 0.3) is 0 Å². The lowest BCUT2D eigenvalue weighted by Gasteiger charge is -2.20. The summed E-state index contributed by atoms with van der Waals surface area (Å²) in [6.07, 6.45) is 7.54. The van der Waals surface area contributed by atoms with Gasteiger partial charge < -0.3 is 19.5 Å². The fourth-order valence-electron chi connectivity index (χ4n) is 3.32. The molecule has 0 atom stereocenters. The van der Waals surface area contributed by atoms with E-state index >= 15 is 0 Å². The highest BCUT2D eigenvalue weighted by atomic mass is 16.7. The molecule has 1 aromatic carbocycles. The molecule has 0 radical (unpaired) electrons. The number of hydrogen-bond donors (Lipinski definition) is 1. The summed E-state index contributed by atoms with van der Waals surface area (Å²) < 4.78 is 15.6. The van der Waals surface area contributed by atoms with Crippen molar-refractivity contribution in [2.75, 3.05) is 13.4 Å². The van der Waals surface area contributed by atoms with E-state index in [0.717, 1.165) is 12.0 Å². The van der Waals surface area contributed by atoms with Gasteiger partial charge in [-0.3, -0.25) is 9.59 Å². The average molecular weight is 347 g/mol. The molecule has 1 heterocycles. The Balaban J connectivity index is 1.31. The Morgan fingerprint density at radius 1 is 1.12 bits per heavy atom. The molecular formula is C19H25NO5. The second-order valence-electron chi connectivity index (χ2n) is 6.67. The van der Waals surface area contributed by atoms with E-state index in [2.05, 4.69) is 5.32 Å². The van der Waals surface area contributed by atoms with E-state index in [-0.39, 0.29) is 25.3 Å². The Bertz CT molecular complexity index is 610. The Kier molecular flexibility index (Phi) is 6.14. The lowest BCUT2D eigenvalue weighted by Crippen LogP contribution is -2.28. The number of esters is 1. The second kappa shape index (κ2) is 8.74. The first-order chi connectivity index (χ1) is 12.2. The summed E-state index contributed by atoms with van der Waals surface area (Å²) in [6.45, 7) is 0.352. The highest BCUT2D eigenvalue weighted by Crippen LogP contribution is 2.32. The minimum atomic E-state index is -0.302. The second-order valence-corrected chi connectivity index (χ2v) is 6.67. The Morgan fingerprint density at radius 2 is 1.92 bits per heavy atom. The summed E-state index contributed by atoms with van der Waals surface area (Å²) in [4.78, 5) is 23.6. The number of nitrogens with one attached hydrogen (secondary N) is 1. The van der Waals surface area contributed by atoms with Gasteiger partial charge in [0.1, 0.15) is 0 Å². The van der Waals surface area contributed by atoms with E-state index in [1.807, 2.05) is 18.2 Å². The quantitative estimate of drug-likeness (QED) is 0.768. The third-order valence-electron chi connectivity index (χ3n) is 4.77. The number of carbonyl (C=O) groups excluding carboxylic acids is 2. The van der Waals surface area contributed by atoms with E-state index < -0.39 is 0 Å². The Hall–Kier alpha value is -2.24. The molecule has 1 aliphatic heterocycles. The van der Waals surface area contributed by atoms with Crippen LogP contribution in [0.1, 0.15) is 50.5 Å². The van der Waals surface area contributed by atoms with Crippen molar-refractivity contribution in [2.45, 2.75) is 51.5 Å². The highest BCUT2D eigenvalue weighted by Gasteiger charge is 2.16. The van der Waals surface area contributed by atoms with Gasteiger partial charge in [-0.25, -0.2) is 0 Å². The van der Waals surface area contributed by atoms with Gasteiger partial charge in [0.25, 0.3) is 5.91 Å². The third-order valence-corrected chi connectivity index (χ3v) is 4.77. The van der Waals surface area contributed by atoms with E-state index in [1.165, 1.54) is 32.1 Å². The summed E-state index contributed by atoms with van der Waals surface area (Å²) >= 11 is 0. The van der Waals surface area contributed by atoms with Crippen LogP contribution in [0.3, 0.4) is 0 Å². The van der Waals surface area contributed by atoms with Gasteiger partial charge in [-0.1, -0.05) is 38.2 Å². The molecule has 25 heavy (non-hydrogen) atoms. The van der Waals surface area contributed by atoms with Gasteiger partial charge in [0.05, 0.1) is 0 Å². The van der Waals surface area contributed by atoms with Crippen molar-refractivity contribution in [1.82, 2.24) is 5.32 Å². The number of hydrogen-bond acceptors (Lipinski definition) is 5. The van der Waals surface area contributed by atoms with Crippen LogP contribution in [-0.4, -0.2) is 25.3 Å². The third kappa shape index (κ3) is 5.37. The fourth-order valence-corrected chi connectivity index (χ4v) is 3.32. The van der Waals surface area contributed by atoms with Crippen LogP contribution in [0, 0.1) is 5.92 Å². The maximum Gasteiger partial charge on any atom is 0.306 e. The van der Waals surface area contributed by atoms with Crippen molar-refractivity contribution in [3.05, 3.63) is 23.8 Å². The van der Waals surface area contributed by atoms with E-state index in [1.54, 1.807) is 0 Å². The van der Waals surface area contributed by atoms with Crippen LogP contribution in [0.15, 0.2) is 18.2 Å². The van der Waals surface area contributed by atoms with Gasteiger partial charge in [0, 0.05) is 13.0 Å². The van der Waals surface area contributed by atoms with Gasteiger partial charge in [-0.15, -0.1) is 0 Å². The number of ether oxygens (including phenoxy) is 3. The minimum Gasteiger partial charge on any atom is -0.456 e. The number of carbonyl (C=O) groups is 2. The predicted octanol–water partition coefficient (Wildman–Crippen LogP) is 2.94. The number of rotatable bonds is 7. The summed E-state index contributed by atoms with van der Waals surface area (Å²) in [6, 6.07) is 5.51. The van der Waals surface area contributed by atoms with Crippen LogP contribution < -0.4 is 14.8 Å². The zero-order chi connectivity index (χ0) is 17.5. The lowest BCUT2D eigenvalue weighted by molar-refractivity contribution is -0.148. The first-order valence-electron chi connectivity index (χ1n) is 9.01. The van der Waals surface area contributed by atoms with Crippen molar-refractivity contribution in [3.63, 3.8) is 0 Å². The SMILES string of the molecule is O=C(COC(=O)CCC1CCCCC1)NCc1ccc2c(c1)OCO2. The zero-order valence-electron chi connectivity index (χ0n) is 14.4. The minimum absolute atomic E-state index is 0.224. The van der Waals surface area contributed by atoms with E-state index in [4.69, 9.17) is 14.2 Å².